The summed E-state index contributed by atoms with van der Waals surface area (Å²) in [6.07, 6.45) is 2.74. The second-order valence-electron chi connectivity index (χ2n) is 0.965. The molecule has 0 N–H and O–H groups in total. The molecule has 0 aliphatic heterocycles. The van der Waals surface area contributed by atoms with Gasteiger partial charge >= 0.3 is 0 Å². The van der Waals surface area contributed by atoms with E-state index in [2.05, 4.69) is 11.1 Å². The van der Waals surface area contributed by atoms with Crippen LogP contribution in [0.1, 0.15) is 13.8 Å². The van der Waals surface area contributed by atoms with Gasteiger partial charge < -0.3 is 16.8 Å². The van der Waals surface area contributed by atoms with Gasteiger partial charge in [-0.05, 0) is 0 Å². The fourth-order valence-corrected chi connectivity index (χ4v) is 0.0645. The Morgan fingerprint density at radius 3 is 2.00 bits per heavy atom. The molecule has 0 spiro atoms. The third-order valence-electron chi connectivity index (χ3n) is 0.555. The standard InChI is InChI=1S/C5H7N.U.V/c1-4-5(2)6-3;;/h3H,1-2H3;;/q-2;;. The molecule has 3 heteroatoms. The summed E-state index contributed by atoms with van der Waals surface area (Å²) in [7, 11) is 0. The summed E-state index contributed by atoms with van der Waals surface area (Å²) in [6.45, 7) is 8.37. The maximum Gasteiger partial charge on any atom is 0 e. The van der Waals surface area contributed by atoms with Crippen LogP contribution in [-0.4, -0.2) is 6.72 Å². The maximum absolute atomic E-state index is 4.81. The van der Waals surface area contributed by atoms with Crippen molar-refractivity contribution in [2.75, 3.05) is 0 Å². The molecule has 0 aromatic carbocycles. The normalized spacial score (nSPS) is 8.50. The largest absolute Gasteiger partial charge is 0.584 e. The first kappa shape index (κ1) is 16.0. The third-order valence-corrected chi connectivity index (χ3v) is 0.555. The molecule has 0 atom stereocenters. The summed E-state index contributed by atoms with van der Waals surface area (Å²) < 4.78 is 0. The Morgan fingerprint density at radius 1 is 1.62 bits per heavy atom. The topological polar surface area (TPSA) is 12.4 Å². The summed E-state index contributed by atoms with van der Waals surface area (Å²) in [5, 5.41) is 0. The van der Waals surface area contributed by atoms with Crippen molar-refractivity contribution in [1.82, 2.24) is 0 Å². The molecule has 0 aromatic heterocycles. The van der Waals surface area contributed by atoms with Crippen molar-refractivity contribution in [1.29, 1.82) is 0 Å². The second kappa shape index (κ2) is 10.9. The molecule has 0 fully saturated rings. The van der Waals surface area contributed by atoms with Crippen molar-refractivity contribution in [2.24, 2.45) is 4.99 Å². The molecule has 0 aliphatic carbocycles. The van der Waals surface area contributed by atoms with E-state index in [1.807, 2.05) is 0 Å². The summed E-state index contributed by atoms with van der Waals surface area (Å²) >= 11 is 0. The first-order chi connectivity index (χ1) is 2.81. The van der Waals surface area contributed by atoms with Crippen LogP contribution in [0.5, 0.6) is 0 Å². The van der Waals surface area contributed by atoms with Crippen molar-refractivity contribution < 1.29 is 49.7 Å². The summed E-state index contributed by atoms with van der Waals surface area (Å²) in [5.41, 5.74) is 0.745. The van der Waals surface area contributed by atoms with E-state index in [4.69, 9.17) is 6.72 Å². The van der Waals surface area contributed by atoms with E-state index in [0.29, 0.717) is 0 Å². The molecule has 0 bridgehead atoms. The van der Waals surface area contributed by atoms with E-state index in [-0.39, 0.29) is 49.7 Å². The Kier molecular flexibility index (Phi) is 21.9. The Bertz CT molecular complexity index is 80.5. The number of allylic oxidation sites excluding steroid dienone is 2. The zero-order chi connectivity index (χ0) is 4.99. The van der Waals surface area contributed by atoms with Gasteiger partial charge in [0.15, 0.2) is 0 Å². The first-order valence-electron chi connectivity index (χ1n) is 1.73. The third kappa shape index (κ3) is 10.1. The average molecular weight is 370 g/mol. The van der Waals surface area contributed by atoms with E-state index in [1.54, 1.807) is 13.8 Å². The van der Waals surface area contributed by atoms with Gasteiger partial charge in [-0.3, -0.25) is 0 Å². The number of rotatable bonds is 1. The van der Waals surface area contributed by atoms with Crippen LogP contribution in [0.25, 0.3) is 0 Å². The summed E-state index contributed by atoms with van der Waals surface area (Å²) in [6, 6.07) is 0. The van der Waals surface area contributed by atoms with Gasteiger partial charge in [-0.1, -0.05) is 0 Å². The predicted molar refractivity (Wildman–Crippen MR) is 26.6 cm³/mol. The SMILES string of the molecule is [CH-]=NC(C)=[C-]C.[U].[V]. The molecule has 8 heavy (non-hydrogen) atoms. The summed E-state index contributed by atoms with van der Waals surface area (Å²) in [5.74, 6) is 0. The molecule has 1 nitrogen and oxygen atoms in total. The molecule has 0 saturated carbocycles. The summed E-state index contributed by atoms with van der Waals surface area (Å²) in [4.78, 5) is 3.31. The Hall–Kier alpha value is 1.05. The van der Waals surface area contributed by atoms with E-state index in [0.717, 1.165) is 5.70 Å². The number of hydrogen-bond donors (Lipinski definition) is 0. The van der Waals surface area contributed by atoms with Crippen LogP contribution in [0.15, 0.2) is 10.7 Å². The average Bonchev–Trinajstić information content (AvgIpc) is 1.65. The van der Waals surface area contributed by atoms with Crippen LogP contribution in [0.2, 0.25) is 0 Å². The molecular weight excluding hydrogens is 363 g/mol. The van der Waals surface area contributed by atoms with Gasteiger partial charge in [0.1, 0.15) is 0 Å². The van der Waals surface area contributed by atoms with Gasteiger partial charge in [0.2, 0.25) is 0 Å². The van der Waals surface area contributed by atoms with Crippen molar-refractivity contribution in [2.45, 2.75) is 13.8 Å². The van der Waals surface area contributed by atoms with Crippen molar-refractivity contribution >= 4 is 6.72 Å². The molecule has 0 heterocycles. The van der Waals surface area contributed by atoms with E-state index in [9.17, 15) is 0 Å². The van der Waals surface area contributed by atoms with E-state index in [1.165, 1.54) is 0 Å². The van der Waals surface area contributed by atoms with Gasteiger partial charge in [0.05, 0.1) is 0 Å². The zero-order valence-electron chi connectivity index (χ0n) is 4.97. The van der Waals surface area contributed by atoms with E-state index >= 15 is 0 Å². The van der Waals surface area contributed by atoms with Crippen LogP contribution < -0.4 is 0 Å². The minimum absolute atomic E-state index is 0. The fourth-order valence-electron chi connectivity index (χ4n) is 0.0645. The molecule has 0 amide bonds. The van der Waals surface area contributed by atoms with Gasteiger partial charge in [-0.2, -0.15) is 6.72 Å². The molecule has 0 aromatic rings. The molecular formula is C5H7NUV-2. The van der Waals surface area contributed by atoms with Crippen LogP contribution in [-0.2, 0) is 18.6 Å². The quantitative estimate of drug-likeness (QED) is 0.488. The molecule has 0 unspecified atom stereocenters. The monoisotopic (exact) mass is 370 g/mol. The molecule has 0 aliphatic rings. The second-order valence-corrected chi connectivity index (χ2v) is 0.965. The van der Waals surface area contributed by atoms with Gasteiger partial charge in [-0.25, -0.2) is 6.92 Å². The molecule has 0 rings (SSSR count). The van der Waals surface area contributed by atoms with Crippen molar-refractivity contribution in [3.05, 3.63) is 11.8 Å². The van der Waals surface area contributed by atoms with Gasteiger partial charge in [0, 0.05) is 49.7 Å². The van der Waals surface area contributed by atoms with Crippen LogP contribution in [0, 0.1) is 37.2 Å². The Labute approximate surface area is 86.3 Å². The van der Waals surface area contributed by atoms with Crippen LogP contribution in [0.3, 0.4) is 0 Å². The molecule has 1 radical (unpaired) electrons. The van der Waals surface area contributed by atoms with Crippen molar-refractivity contribution in [3.8, 4) is 0 Å². The Balaban J connectivity index is -0.000000125. The predicted octanol–water partition coefficient (Wildman–Crippen LogP) is 1.29. The number of hydrogen-bond acceptors (Lipinski definition) is 1. The van der Waals surface area contributed by atoms with Gasteiger partial charge in [-0.15, -0.1) is 6.92 Å². The minimum atomic E-state index is 0. The van der Waals surface area contributed by atoms with Crippen molar-refractivity contribution in [3.63, 3.8) is 0 Å². The first-order valence-corrected chi connectivity index (χ1v) is 1.73. The smallest absolute Gasteiger partial charge is 0 e. The molecule has 43 valence electrons. The molecule has 0 saturated heterocycles. The Morgan fingerprint density at radius 2 is 2.00 bits per heavy atom. The van der Waals surface area contributed by atoms with Crippen LogP contribution in [0.4, 0.5) is 0 Å². The number of aliphatic imine (C=N–C) groups is 1. The fraction of sp³-hybridized carbons (Fsp3) is 0.400. The van der Waals surface area contributed by atoms with E-state index < -0.39 is 0 Å². The minimum Gasteiger partial charge on any atom is -0.584 e. The zero-order valence-corrected chi connectivity index (χ0v) is 10.5. The van der Waals surface area contributed by atoms with Gasteiger partial charge in [0.25, 0.3) is 0 Å². The number of nitrogens with zero attached hydrogens (tertiary/aromatic N) is 1. The van der Waals surface area contributed by atoms with Crippen LogP contribution >= 0.6 is 0 Å². The maximum atomic E-state index is 4.81.